The molecule has 108 valence electrons. The largest absolute Gasteiger partial charge is 0.343 e. The fourth-order valence-electron chi connectivity index (χ4n) is 1.74. The van der Waals surface area contributed by atoms with Gasteiger partial charge in [0.15, 0.2) is 0 Å². The molecule has 0 aliphatic rings. The van der Waals surface area contributed by atoms with E-state index in [2.05, 4.69) is 60.9 Å². The van der Waals surface area contributed by atoms with E-state index in [1.807, 2.05) is 14.0 Å². The van der Waals surface area contributed by atoms with Gasteiger partial charge < -0.3 is 10.2 Å². The van der Waals surface area contributed by atoms with E-state index in [4.69, 9.17) is 0 Å². The van der Waals surface area contributed by atoms with Crippen molar-refractivity contribution in [2.45, 2.75) is 53.0 Å². The minimum atomic E-state index is 0.150. The SMILES string of the molecule is Cc1cc(C(C)C)nc(N(C)CCNC(C)(C)C)n1. The van der Waals surface area contributed by atoms with Crippen LogP contribution in [0.3, 0.4) is 0 Å². The summed E-state index contributed by atoms with van der Waals surface area (Å²) in [5.41, 5.74) is 2.29. The Bertz CT molecular complexity index is 407. The van der Waals surface area contributed by atoms with Gasteiger partial charge in [-0.25, -0.2) is 9.97 Å². The molecular weight excluding hydrogens is 236 g/mol. The average molecular weight is 264 g/mol. The molecule has 0 aromatic carbocycles. The Morgan fingerprint density at radius 1 is 1.26 bits per heavy atom. The number of hydrogen-bond acceptors (Lipinski definition) is 4. The molecule has 0 aliphatic carbocycles. The van der Waals surface area contributed by atoms with Gasteiger partial charge in [0.25, 0.3) is 0 Å². The zero-order valence-corrected chi connectivity index (χ0v) is 13.4. The Kier molecular flexibility index (Phi) is 5.29. The van der Waals surface area contributed by atoms with Gasteiger partial charge >= 0.3 is 0 Å². The number of likely N-dealkylation sites (N-methyl/N-ethyl adjacent to an activating group) is 1. The summed E-state index contributed by atoms with van der Waals surface area (Å²) in [5.74, 6) is 1.25. The molecule has 1 N–H and O–H groups in total. The number of rotatable bonds is 5. The van der Waals surface area contributed by atoms with Crippen molar-refractivity contribution in [1.29, 1.82) is 0 Å². The summed E-state index contributed by atoms with van der Waals surface area (Å²) >= 11 is 0. The van der Waals surface area contributed by atoms with E-state index in [1.54, 1.807) is 0 Å². The van der Waals surface area contributed by atoms with E-state index in [1.165, 1.54) is 0 Å². The van der Waals surface area contributed by atoms with Gasteiger partial charge in [0, 0.05) is 37.1 Å². The predicted octanol–water partition coefficient (Wildman–Crippen LogP) is 2.73. The lowest BCUT2D eigenvalue weighted by molar-refractivity contribution is 0.430. The highest BCUT2D eigenvalue weighted by Crippen LogP contribution is 2.16. The van der Waals surface area contributed by atoms with Crippen LogP contribution in [0.2, 0.25) is 0 Å². The van der Waals surface area contributed by atoms with Crippen LogP contribution in [-0.4, -0.2) is 35.6 Å². The van der Waals surface area contributed by atoms with Crippen molar-refractivity contribution in [3.05, 3.63) is 17.5 Å². The molecule has 1 aromatic heterocycles. The third-order valence-electron chi connectivity index (χ3n) is 2.90. The third-order valence-corrected chi connectivity index (χ3v) is 2.90. The molecule has 0 unspecified atom stereocenters. The minimum Gasteiger partial charge on any atom is -0.343 e. The second-order valence-electron chi connectivity index (χ2n) is 6.49. The number of aryl methyl sites for hydroxylation is 1. The van der Waals surface area contributed by atoms with Crippen molar-refractivity contribution in [2.75, 3.05) is 25.0 Å². The van der Waals surface area contributed by atoms with E-state index in [0.717, 1.165) is 30.4 Å². The van der Waals surface area contributed by atoms with E-state index in [0.29, 0.717) is 5.92 Å². The number of nitrogens with zero attached hydrogens (tertiary/aromatic N) is 3. The van der Waals surface area contributed by atoms with Crippen molar-refractivity contribution in [3.63, 3.8) is 0 Å². The maximum absolute atomic E-state index is 4.64. The van der Waals surface area contributed by atoms with E-state index >= 15 is 0 Å². The molecule has 0 atom stereocenters. The molecule has 0 saturated heterocycles. The molecule has 0 radical (unpaired) electrons. The summed E-state index contributed by atoms with van der Waals surface area (Å²) in [6.07, 6.45) is 0. The Hall–Kier alpha value is -1.16. The summed E-state index contributed by atoms with van der Waals surface area (Å²) in [6, 6.07) is 2.06. The lowest BCUT2D eigenvalue weighted by atomic mass is 10.1. The molecule has 1 aromatic rings. The quantitative estimate of drug-likeness (QED) is 0.888. The van der Waals surface area contributed by atoms with Gasteiger partial charge in [-0.3, -0.25) is 0 Å². The number of anilines is 1. The van der Waals surface area contributed by atoms with Crippen molar-refractivity contribution in [2.24, 2.45) is 0 Å². The topological polar surface area (TPSA) is 41.1 Å². The minimum absolute atomic E-state index is 0.150. The van der Waals surface area contributed by atoms with Gasteiger partial charge in [0.05, 0.1) is 0 Å². The summed E-state index contributed by atoms with van der Waals surface area (Å²) in [5, 5.41) is 3.48. The van der Waals surface area contributed by atoms with Crippen molar-refractivity contribution in [1.82, 2.24) is 15.3 Å². The highest BCUT2D eigenvalue weighted by atomic mass is 15.2. The molecule has 19 heavy (non-hydrogen) atoms. The highest BCUT2D eigenvalue weighted by Gasteiger charge is 2.11. The summed E-state index contributed by atoms with van der Waals surface area (Å²) in [6.45, 7) is 14.7. The first-order valence-electron chi connectivity index (χ1n) is 7.01. The summed E-state index contributed by atoms with van der Waals surface area (Å²) in [7, 11) is 2.04. The maximum Gasteiger partial charge on any atom is 0.225 e. The van der Waals surface area contributed by atoms with Crippen LogP contribution in [-0.2, 0) is 0 Å². The normalized spacial score (nSPS) is 12.0. The Morgan fingerprint density at radius 3 is 2.42 bits per heavy atom. The van der Waals surface area contributed by atoms with Gasteiger partial charge in [-0.1, -0.05) is 13.8 Å². The molecule has 0 fully saturated rings. The third kappa shape index (κ3) is 5.55. The molecule has 0 bridgehead atoms. The van der Waals surface area contributed by atoms with Gasteiger partial charge in [0.2, 0.25) is 5.95 Å². The number of hydrogen-bond donors (Lipinski definition) is 1. The predicted molar refractivity (Wildman–Crippen MR) is 81.9 cm³/mol. The standard InChI is InChI=1S/C15H28N4/c1-11(2)13-10-12(3)17-14(18-13)19(7)9-8-16-15(4,5)6/h10-11,16H,8-9H2,1-7H3. The Balaban J connectivity index is 2.68. The van der Waals surface area contributed by atoms with Crippen LogP contribution in [0.25, 0.3) is 0 Å². The molecule has 1 heterocycles. The Labute approximate surface area is 117 Å². The molecule has 0 saturated carbocycles. The van der Waals surface area contributed by atoms with Crippen LogP contribution in [0.5, 0.6) is 0 Å². The second-order valence-corrected chi connectivity index (χ2v) is 6.49. The van der Waals surface area contributed by atoms with E-state index in [9.17, 15) is 0 Å². The molecular formula is C15H28N4. The van der Waals surface area contributed by atoms with Crippen LogP contribution in [0.15, 0.2) is 6.07 Å². The number of nitrogens with one attached hydrogen (secondary N) is 1. The lowest BCUT2D eigenvalue weighted by Crippen LogP contribution is -2.41. The van der Waals surface area contributed by atoms with Gasteiger partial charge in [-0.2, -0.15) is 0 Å². The number of aromatic nitrogens is 2. The molecule has 0 aliphatic heterocycles. The first kappa shape index (κ1) is 15.9. The monoisotopic (exact) mass is 264 g/mol. The van der Waals surface area contributed by atoms with Gasteiger partial charge in [-0.15, -0.1) is 0 Å². The zero-order valence-electron chi connectivity index (χ0n) is 13.4. The van der Waals surface area contributed by atoms with E-state index in [-0.39, 0.29) is 5.54 Å². The Morgan fingerprint density at radius 2 is 1.89 bits per heavy atom. The van der Waals surface area contributed by atoms with Crippen LogP contribution in [0.1, 0.15) is 51.9 Å². The molecule has 0 spiro atoms. The van der Waals surface area contributed by atoms with Crippen molar-refractivity contribution in [3.8, 4) is 0 Å². The highest BCUT2D eigenvalue weighted by molar-refractivity contribution is 5.32. The summed E-state index contributed by atoms with van der Waals surface area (Å²) < 4.78 is 0. The van der Waals surface area contributed by atoms with Crippen LogP contribution >= 0.6 is 0 Å². The fourth-order valence-corrected chi connectivity index (χ4v) is 1.74. The maximum atomic E-state index is 4.64. The van der Waals surface area contributed by atoms with Gasteiger partial charge in [-0.05, 0) is 39.7 Å². The first-order chi connectivity index (χ1) is 8.69. The second kappa shape index (κ2) is 6.33. The average Bonchev–Trinajstić information content (AvgIpc) is 2.26. The molecule has 4 nitrogen and oxygen atoms in total. The lowest BCUT2D eigenvalue weighted by Gasteiger charge is -2.24. The van der Waals surface area contributed by atoms with Crippen LogP contribution in [0, 0.1) is 6.92 Å². The molecule has 0 amide bonds. The van der Waals surface area contributed by atoms with E-state index < -0.39 is 0 Å². The summed E-state index contributed by atoms with van der Waals surface area (Å²) in [4.78, 5) is 11.3. The smallest absolute Gasteiger partial charge is 0.225 e. The first-order valence-corrected chi connectivity index (χ1v) is 7.01. The fraction of sp³-hybridized carbons (Fsp3) is 0.733. The van der Waals surface area contributed by atoms with Crippen molar-refractivity contribution < 1.29 is 0 Å². The van der Waals surface area contributed by atoms with Crippen LogP contribution < -0.4 is 10.2 Å². The molecule has 1 rings (SSSR count). The molecule has 4 heteroatoms. The van der Waals surface area contributed by atoms with Crippen molar-refractivity contribution >= 4 is 5.95 Å². The van der Waals surface area contributed by atoms with Crippen LogP contribution in [0.4, 0.5) is 5.95 Å². The van der Waals surface area contributed by atoms with Gasteiger partial charge in [0.1, 0.15) is 0 Å². The zero-order chi connectivity index (χ0) is 14.6.